The number of hydrogen-bond acceptors (Lipinski definition) is 3. The first-order valence-electron chi connectivity index (χ1n) is 7.21. The van der Waals surface area contributed by atoms with Gasteiger partial charge in [0.1, 0.15) is 6.61 Å². The molecule has 2 rings (SSSR count). The second kappa shape index (κ2) is 6.90. The van der Waals surface area contributed by atoms with Crippen molar-refractivity contribution >= 4 is 0 Å². The number of benzene rings is 1. The number of hydrogen-bond donors (Lipinski definition) is 2. The Bertz CT molecular complexity index is 495. The highest BCUT2D eigenvalue weighted by atomic mass is 16.3. The Hall–Kier alpha value is -1.34. The molecule has 0 bridgehead atoms. The molecule has 1 aromatic rings. The van der Waals surface area contributed by atoms with Gasteiger partial charge in [-0.2, -0.15) is 0 Å². The molecule has 0 aliphatic heterocycles. The molecule has 1 fully saturated rings. The molecule has 20 heavy (non-hydrogen) atoms. The Kier molecular flexibility index (Phi) is 5.19. The predicted octanol–water partition coefficient (Wildman–Crippen LogP) is 1.77. The fraction of sp³-hybridized carbons (Fsp3) is 0.529. The maximum Gasteiger partial charge on any atom is 0.104 e. The van der Waals surface area contributed by atoms with Gasteiger partial charge in [-0.1, -0.05) is 36.8 Å². The lowest BCUT2D eigenvalue weighted by Crippen LogP contribution is -2.38. The average Bonchev–Trinajstić information content (AvgIpc) is 2.83. The molecule has 2 N–H and O–H groups in total. The summed E-state index contributed by atoms with van der Waals surface area (Å²) in [5.41, 5.74) is 1.60. The summed E-state index contributed by atoms with van der Waals surface area (Å²) >= 11 is 0. The van der Waals surface area contributed by atoms with Gasteiger partial charge < -0.3 is 10.2 Å². The Morgan fingerprint density at radius 3 is 2.75 bits per heavy atom. The van der Waals surface area contributed by atoms with Gasteiger partial charge in [0.15, 0.2) is 0 Å². The van der Waals surface area contributed by atoms with Gasteiger partial charge in [0.05, 0.1) is 5.60 Å². The van der Waals surface area contributed by atoms with Crippen molar-refractivity contribution in [2.24, 2.45) is 0 Å². The highest BCUT2D eigenvalue weighted by molar-refractivity contribution is 5.37. The van der Waals surface area contributed by atoms with Gasteiger partial charge in [0, 0.05) is 18.7 Å². The van der Waals surface area contributed by atoms with E-state index in [0.717, 1.165) is 44.3 Å². The molecule has 0 atom stereocenters. The zero-order chi connectivity index (χ0) is 14.4. The molecule has 0 amide bonds. The first-order chi connectivity index (χ1) is 9.61. The largest absolute Gasteiger partial charge is 0.389 e. The van der Waals surface area contributed by atoms with Crippen molar-refractivity contribution in [2.45, 2.75) is 37.8 Å². The first kappa shape index (κ1) is 15.1. The van der Waals surface area contributed by atoms with Crippen molar-refractivity contribution in [3.05, 3.63) is 35.4 Å². The van der Waals surface area contributed by atoms with E-state index in [4.69, 9.17) is 5.11 Å². The highest BCUT2D eigenvalue weighted by Gasteiger charge is 2.31. The van der Waals surface area contributed by atoms with Crippen LogP contribution in [-0.4, -0.2) is 40.9 Å². The number of aliphatic hydroxyl groups excluding tert-OH is 1. The SMILES string of the molecule is CN(Cc1cccc(C#CCO)c1)CC1(O)CCCC1. The molecule has 0 heterocycles. The van der Waals surface area contributed by atoms with Crippen molar-refractivity contribution in [3.8, 4) is 11.8 Å². The van der Waals surface area contributed by atoms with E-state index >= 15 is 0 Å². The summed E-state index contributed by atoms with van der Waals surface area (Å²) in [6, 6.07) is 8.03. The first-order valence-corrected chi connectivity index (χ1v) is 7.21. The predicted molar refractivity (Wildman–Crippen MR) is 80.2 cm³/mol. The molecule has 1 aliphatic rings. The van der Waals surface area contributed by atoms with E-state index in [1.54, 1.807) is 0 Å². The van der Waals surface area contributed by atoms with Gasteiger partial charge in [-0.3, -0.25) is 4.90 Å². The number of rotatable bonds is 4. The molecule has 0 unspecified atom stereocenters. The average molecular weight is 273 g/mol. The Labute approximate surface area is 121 Å². The highest BCUT2D eigenvalue weighted by Crippen LogP contribution is 2.30. The van der Waals surface area contributed by atoms with E-state index in [9.17, 15) is 5.11 Å². The number of aliphatic hydroxyl groups is 2. The summed E-state index contributed by atoms with van der Waals surface area (Å²) in [5.74, 6) is 5.58. The molecule has 0 saturated heterocycles. The minimum Gasteiger partial charge on any atom is -0.389 e. The monoisotopic (exact) mass is 273 g/mol. The Morgan fingerprint density at radius 1 is 1.30 bits per heavy atom. The molecule has 0 radical (unpaired) electrons. The molecular formula is C17H23NO2. The molecule has 1 aromatic carbocycles. The van der Waals surface area contributed by atoms with E-state index in [1.165, 1.54) is 5.56 Å². The normalized spacial score (nSPS) is 17.0. The molecule has 0 aromatic heterocycles. The summed E-state index contributed by atoms with van der Waals surface area (Å²) < 4.78 is 0. The molecule has 108 valence electrons. The van der Waals surface area contributed by atoms with Crippen LogP contribution in [0.3, 0.4) is 0 Å². The van der Waals surface area contributed by atoms with E-state index in [0.29, 0.717) is 0 Å². The van der Waals surface area contributed by atoms with E-state index in [-0.39, 0.29) is 6.61 Å². The fourth-order valence-electron chi connectivity index (χ4n) is 2.95. The van der Waals surface area contributed by atoms with Gasteiger partial charge in [0.2, 0.25) is 0 Å². The molecular weight excluding hydrogens is 250 g/mol. The Balaban J connectivity index is 1.95. The summed E-state index contributed by atoms with van der Waals surface area (Å²) in [7, 11) is 2.04. The summed E-state index contributed by atoms with van der Waals surface area (Å²) in [4.78, 5) is 2.17. The van der Waals surface area contributed by atoms with Crippen LogP contribution in [0.2, 0.25) is 0 Å². The maximum atomic E-state index is 10.4. The minimum atomic E-state index is -0.497. The van der Waals surface area contributed by atoms with Crippen LogP contribution in [0, 0.1) is 11.8 Å². The van der Waals surface area contributed by atoms with Gasteiger partial charge in [0.25, 0.3) is 0 Å². The molecule has 0 spiro atoms. The van der Waals surface area contributed by atoms with Crippen LogP contribution in [0.4, 0.5) is 0 Å². The lowest BCUT2D eigenvalue weighted by molar-refractivity contribution is 0.0145. The number of nitrogens with zero attached hydrogens (tertiary/aromatic N) is 1. The van der Waals surface area contributed by atoms with Crippen LogP contribution in [0.1, 0.15) is 36.8 Å². The third-order valence-corrected chi connectivity index (χ3v) is 3.79. The van der Waals surface area contributed by atoms with Crippen LogP contribution in [0.25, 0.3) is 0 Å². The van der Waals surface area contributed by atoms with Crippen molar-refractivity contribution in [1.29, 1.82) is 0 Å². The third-order valence-electron chi connectivity index (χ3n) is 3.79. The quantitative estimate of drug-likeness (QED) is 0.822. The second-order valence-electron chi connectivity index (χ2n) is 5.76. The summed E-state index contributed by atoms with van der Waals surface area (Å²) in [6.45, 7) is 1.41. The molecule has 1 saturated carbocycles. The van der Waals surface area contributed by atoms with Gasteiger partial charge in [-0.25, -0.2) is 0 Å². The summed E-state index contributed by atoms with van der Waals surface area (Å²) in [6.07, 6.45) is 4.10. The number of likely N-dealkylation sites (N-methyl/N-ethyl adjacent to an activating group) is 1. The molecule has 3 nitrogen and oxygen atoms in total. The van der Waals surface area contributed by atoms with Crippen LogP contribution in [-0.2, 0) is 6.54 Å². The standard InChI is InChI=1S/C17H23NO2/c1-18(14-17(20)9-2-3-10-17)13-16-7-4-6-15(12-16)8-5-11-19/h4,6-7,12,19-20H,2-3,9-11,13-14H2,1H3. The van der Waals surface area contributed by atoms with E-state index in [2.05, 4.69) is 22.8 Å². The van der Waals surface area contributed by atoms with Crippen LogP contribution < -0.4 is 0 Å². The second-order valence-corrected chi connectivity index (χ2v) is 5.76. The lowest BCUT2D eigenvalue weighted by atomic mass is 10.0. The van der Waals surface area contributed by atoms with Crippen LogP contribution in [0.15, 0.2) is 24.3 Å². The van der Waals surface area contributed by atoms with Gasteiger partial charge in [-0.05, 0) is 37.6 Å². The zero-order valence-corrected chi connectivity index (χ0v) is 12.1. The van der Waals surface area contributed by atoms with E-state index < -0.39 is 5.60 Å². The van der Waals surface area contributed by atoms with Crippen LogP contribution >= 0.6 is 0 Å². The van der Waals surface area contributed by atoms with Crippen molar-refractivity contribution in [1.82, 2.24) is 4.90 Å². The van der Waals surface area contributed by atoms with Crippen LogP contribution in [0.5, 0.6) is 0 Å². The fourth-order valence-corrected chi connectivity index (χ4v) is 2.95. The van der Waals surface area contributed by atoms with Crippen molar-refractivity contribution in [3.63, 3.8) is 0 Å². The van der Waals surface area contributed by atoms with Gasteiger partial charge >= 0.3 is 0 Å². The smallest absolute Gasteiger partial charge is 0.104 e. The molecule has 3 heteroatoms. The lowest BCUT2D eigenvalue weighted by Gasteiger charge is -2.28. The minimum absolute atomic E-state index is 0.114. The van der Waals surface area contributed by atoms with Gasteiger partial charge in [-0.15, -0.1) is 0 Å². The topological polar surface area (TPSA) is 43.7 Å². The maximum absolute atomic E-state index is 10.4. The Morgan fingerprint density at radius 2 is 2.05 bits per heavy atom. The molecule has 1 aliphatic carbocycles. The summed E-state index contributed by atoms with van der Waals surface area (Å²) in [5, 5.41) is 19.1. The zero-order valence-electron chi connectivity index (χ0n) is 12.1. The van der Waals surface area contributed by atoms with Crippen molar-refractivity contribution < 1.29 is 10.2 Å². The third kappa shape index (κ3) is 4.35. The van der Waals surface area contributed by atoms with E-state index in [1.807, 2.05) is 25.2 Å². The van der Waals surface area contributed by atoms with Crippen molar-refractivity contribution in [2.75, 3.05) is 20.2 Å².